The number of aromatic nitrogens is 2. The molecule has 108 valence electrons. The Morgan fingerprint density at radius 2 is 2.00 bits per heavy atom. The number of anilines is 2. The van der Waals surface area contributed by atoms with Crippen LogP contribution in [0.1, 0.15) is 5.56 Å². The molecule has 1 heterocycles. The summed E-state index contributed by atoms with van der Waals surface area (Å²) in [4.78, 5) is 4.04. The Hall–Kier alpha value is -1.95. The first kappa shape index (κ1) is 14.0. The Kier molecular flexibility index (Phi) is 3.41. The van der Waals surface area contributed by atoms with Gasteiger partial charge in [-0.2, -0.15) is 0 Å². The predicted octanol–water partition coefficient (Wildman–Crippen LogP) is 4.67. The molecule has 0 radical (unpaired) electrons. The van der Waals surface area contributed by atoms with Gasteiger partial charge < -0.3 is 9.88 Å². The fraction of sp³-hybridized carbons (Fsp3) is 0.133. The third kappa shape index (κ3) is 2.40. The molecule has 0 saturated heterocycles. The van der Waals surface area contributed by atoms with Gasteiger partial charge in [0, 0.05) is 11.5 Å². The fourth-order valence-electron chi connectivity index (χ4n) is 2.23. The molecule has 0 fully saturated rings. The lowest BCUT2D eigenvalue weighted by Gasteiger charge is -2.12. The number of nitrogens with one attached hydrogen (secondary N) is 1. The Bertz CT molecular complexity index is 843. The molecule has 3 nitrogen and oxygen atoms in total. The molecule has 0 bridgehead atoms. The molecule has 0 aliphatic carbocycles. The van der Waals surface area contributed by atoms with E-state index in [1.54, 1.807) is 37.0 Å². The molecule has 3 aromatic rings. The highest BCUT2D eigenvalue weighted by Gasteiger charge is 2.15. The maximum atomic E-state index is 14.6. The standard InChI is InChI=1S/C15H12BrF2N3/c1-8-5-12-15(19-7-21(12)2)13(18)14(8)20-11-4-3-9(16)6-10(11)17/h3-7,20H,1-2H3. The largest absolute Gasteiger partial charge is 0.350 e. The molecule has 2 aromatic carbocycles. The summed E-state index contributed by atoms with van der Waals surface area (Å²) in [5, 5.41) is 2.82. The van der Waals surface area contributed by atoms with Crippen LogP contribution in [0.2, 0.25) is 0 Å². The summed E-state index contributed by atoms with van der Waals surface area (Å²) < 4.78 is 30.8. The first-order valence-electron chi connectivity index (χ1n) is 6.29. The van der Waals surface area contributed by atoms with E-state index in [1.165, 1.54) is 6.07 Å². The number of imidazole rings is 1. The first-order chi connectivity index (χ1) is 9.97. The molecule has 0 amide bonds. The van der Waals surface area contributed by atoms with Crippen LogP contribution in [0, 0.1) is 18.6 Å². The van der Waals surface area contributed by atoms with Crippen molar-refractivity contribution in [1.82, 2.24) is 9.55 Å². The van der Waals surface area contributed by atoms with Crippen LogP contribution in [-0.4, -0.2) is 9.55 Å². The highest BCUT2D eigenvalue weighted by molar-refractivity contribution is 9.10. The Balaban J connectivity index is 2.12. The molecule has 1 aromatic heterocycles. The van der Waals surface area contributed by atoms with E-state index in [1.807, 2.05) is 6.07 Å². The molecular formula is C15H12BrF2N3. The maximum absolute atomic E-state index is 14.6. The number of aryl methyl sites for hydroxylation is 2. The summed E-state index contributed by atoms with van der Waals surface area (Å²) in [7, 11) is 1.80. The molecular weight excluding hydrogens is 340 g/mol. The quantitative estimate of drug-likeness (QED) is 0.727. The molecule has 0 saturated carbocycles. The van der Waals surface area contributed by atoms with Gasteiger partial charge in [-0.1, -0.05) is 15.9 Å². The second kappa shape index (κ2) is 5.11. The van der Waals surface area contributed by atoms with E-state index in [9.17, 15) is 8.78 Å². The lowest BCUT2D eigenvalue weighted by Crippen LogP contribution is -2.00. The Labute approximate surface area is 128 Å². The second-order valence-electron chi connectivity index (χ2n) is 4.85. The topological polar surface area (TPSA) is 29.9 Å². The summed E-state index contributed by atoms with van der Waals surface area (Å²) in [5.41, 5.74) is 2.11. The lowest BCUT2D eigenvalue weighted by atomic mass is 10.1. The first-order valence-corrected chi connectivity index (χ1v) is 7.09. The number of halogens is 3. The minimum absolute atomic E-state index is 0.218. The van der Waals surface area contributed by atoms with Crippen molar-refractivity contribution in [1.29, 1.82) is 0 Å². The van der Waals surface area contributed by atoms with Crippen LogP contribution >= 0.6 is 15.9 Å². The van der Waals surface area contributed by atoms with Crippen molar-refractivity contribution < 1.29 is 8.78 Å². The van der Waals surface area contributed by atoms with E-state index in [2.05, 4.69) is 26.2 Å². The van der Waals surface area contributed by atoms with Gasteiger partial charge in [0.1, 0.15) is 11.3 Å². The summed E-state index contributed by atoms with van der Waals surface area (Å²) in [6, 6.07) is 6.40. The van der Waals surface area contributed by atoms with Crippen LogP contribution in [0.25, 0.3) is 11.0 Å². The molecule has 21 heavy (non-hydrogen) atoms. The van der Waals surface area contributed by atoms with Crippen molar-refractivity contribution in [3.05, 3.63) is 52.3 Å². The average molecular weight is 352 g/mol. The average Bonchev–Trinajstić information content (AvgIpc) is 2.78. The van der Waals surface area contributed by atoms with E-state index in [-0.39, 0.29) is 16.9 Å². The number of nitrogens with zero attached hydrogens (tertiary/aromatic N) is 2. The zero-order valence-electron chi connectivity index (χ0n) is 11.4. The van der Waals surface area contributed by atoms with Gasteiger partial charge in [0.25, 0.3) is 0 Å². The van der Waals surface area contributed by atoms with Gasteiger partial charge in [0.2, 0.25) is 0 Å². The van der Waals surface area contributed by atoms with Crippen molar-refractivity contribution >= 4 is 38.3 Å². The lowest BCUT2D eigenvalue weighted by molar-refractivity contribution is 0.627. The summed E-state index contributed by atoms with van der Waals surface area (Å²) in [5.74, 6) is -0.933. The molecule has 0 aliphatic heterocycles. The second-order valence-corrected chi connectivity index (χ2v) is 5.77. The summed E-state index contributed by atoms with van der Waals surface area (Å²) in [6.07, 6.45) is 1.55. The van der Waals surface area contributed by atoms with Gasteiger partial charge in [-0.3, -0.25) is 0 Å². The van der Waals surface area contributed by atoms with E-state index < -0.39 is 11.6 Å². The van der Waals surface area contributed by atoms with Crippen molar-refractivity contribution in [2.45, 2.75) is 6.92 Å². The third-order valence-electron chi connectivity index (χ3n) is 3.35. The van der Waals surface area contributed by atoms with Gasteiger partial charge in [-0.05, 0) is 36.8 Å². The van der Waals surface area contributed by atoms with E-state index in [0.717, 1.165) is 0 Å². The molecule has 0 atom stereocenters. The van der Waals surface area contributed by atoms with Gasteiger partial charge in [-0.25, -0.2) is 13.8 Å². The van der Waals surface area contributed by atoms with Crippen LogP contribution in [-0.2, 0) is 7.05 Å². The van der Waals surface area contributed by atoms with Crippen molar-refractivity contribution in [3.8, 4) is 0 Å². The van der Waals surface area contributed by atoms with E-state index >= 15 is 0 Å². The molecule has 1 N–H and O–H groups in total. The highest BCUT2D eigenvalue weighted by Crippen LogP contribution is 2.31. The molecule has 0 aliphatic rings. The number of hydrogen-bond donors (Lipinski definition) is 1. The van der Waals surface area contributed by atoms with Crippen molar-refractivity contribution in [2.75, 3.05) is 5.32 Å². The van der Waals surface area contributed by atoms with Gasteiger partial charge in [0.15, 0.2) is 5.82 Å². The smallest absolute Gasteiger partial charge is 0.174 e. The fourth-order valence-corrected chi connectivity index (χ4v) is 2.56. The van der Waals surface area contributed by atoms with Gasteiger partial charge in [-0.15, -0.1) is 0 Å². The van der Waals surface area contributed by atoms with E-state index in [0.29, 0.717) is 15.6 Å². The minimum atomic E-state index is -0.479. The molecule has 0 unspecified atom stereocenters. The number of hydrogen-bond acceptors (Lipinski definition) is 2. The van der Waals surface area contributed by atoms with Crippen LogP contribution < -0.4 is 5.32 Å². The zero-order valence-corrected chi connectivity index (χ0v) is 13.0. The Morgan fingerprint density at radius 3 is 2.71 bits per heavy atom. The van der Waals surface area contributed by atoms with Crippen LogP contribution in [0.4, 0.5) is 20.2 Å². The summed E-state index contributed by atoms with van der Waals surface area (Å²) >= 11 is 3.19. The molecule has 6 heteroatoms. The number of benzene rings is 2. The molecule has 0 spiro atoms. The molecule has 3 rings (SSSR count). The van der Waals surface area contributed by atoms with Crippen molar-refractivity contribution in [2.24, 2.45) is 7.05 Å². The van der Waals surface area contributed by atoms with Crippen molar-refractivity contribution in [3.63, 3.8) is 0 Å². The number of rotatable bonds is 2. The summed E-state index contributed by atoms with van der Waals surface area (Å²) in [6.45, 7) is 1.77. The highest BCUT2D eigenvalue weighted by atomic mass is 79.9. The number of fused-ring (bicyclic) bond motifs is 1. The van der Waals surface area contributed by atoms with Crippen LogP contribution in [0.5, 0.6) is 0 Å². The minimum Gasteiger partial charge on any atom is -0.350 e. The van der Waals surface area contributed by atoms with Gasteiger partial charge >= 0.3 is 0 Å². The zero-order chi connectivity index (χ0) is 15.1. The Morgan fingerprint density at radius 1 is 1.24 bits per heavy atom. The SMILES string of the molecule is Cc1cc2c(ncn2C)c(F)c1Nc1ccc(Br)cc1F. The van der Waals surface area contributed by atoms with E-state index in [4.69, 9.17) is 0 Å². The monoisotopic (exact) mass is 351 g/mol. The normalized spacial score (nSPS) is 11.1. The third-order valence-corrected chi connectivity index (χ3v) is 3.84. The predicted molar refractivity (Wildman–Crippen MR) is 82.8 cm³/mol. The van der Waals surface area contributed by atoms with Gasteiger partial charge in [0.05, 0.1) is 23.2 Å². The van der Waals surface area contributed by atoms with Crippen LogP contribution in [0.15, 0.2) is 35.1 Å². The van der Waals surface area contributed by atoms with Crippen LogP contribution in [0.3, 0.4) is 0 Å². The maximum Gasteiger partial charge on any atom is 0.174 e.